The van der Waals surface area contributed by atoms with Crippen LogP contribution >= 0.6 is 0 Å². The van der Waals surface area contributed by atoms with Gasteiger partial charge in [0.05, 0.1) is 0 Å². The second-order valence-corrected chi connectivity index (χ2v) is 3.00. The molecule has 0 amide bonds. The van der Waals surface area contributed by atoms with Gasteiger partial charge in [-0.25, -0.2) is 0 Å². The molecule has 0 N–H and O–H groups in total. The molecule has 0 bridgehead atoms. The van der Waals surface area contributed by atoms with Gasteiger partial charge in [0, 0.05) is 21.1 Å². The van der Waals surface area contributed by atoms with E-state index in [1.807, 2.05) is 13.8 Å². The van der Waals surface area contributed by atoms with Crippen molar-refractivity contribution in [3.8, 4) is 0 Å². The fraction of sp³-hybridized carbons (Fsp3) is 1.00. The first-order chi connectivity index (χ1) is 3.00. The summed E-state index contributed by atoms with van der Waals surface area (Å²) >= 11 is 0. The van der Waals surface area contributed by atoms with E-state index in [2.05, 4.69) is 27.7 Å². The molecule has 0 aliphatic rings. The largest absolute Gasteiger partial charge is 0.0683 e. The Balaban J connectivity index is -0.0000000750. The summed E-state index contributed by atoms with van der Waals surface area (Å²) in [5, 5.41) is 0. The Morgan fingerprint density at radius 1 is 0.750 bits per heavy atom. The minimum absolute atomic E-state index is 0. The van der Waals surface area contributed by atoms with Gasteiger partial charge in [-0.15, -0.1) is 0 Å². The van der Waals surface area contributed by atoms with Gasteiger partial charge in [-0.2, -0.15) is 0 Å². The summed E-state index contributed by atoms with van der Waals surface area (Å²) in [6.45, 7) is 12.8. The van der Waals surface area contributed by atoms with Gasteiger partial charge >= 0.3 is 0 Å². The van der Waals surface area contributed by atoms with E-state index in [1.54, 1.807) is 0 Å². The quantitative estimate of drug-likeness (QED) is 0.642. The minimum atomic E-state index is 0. The summed E-state index contributed by atoms with van der Waals surface area (Å²) in [4.78, 5) is 0. The molecule has 0 aromatic carbocycles. The van der Waals surface area contributed by atoms with Crippen LogP contribution in [0.3, 0.4) is 0 Å². The third kappa shape index (κ3) is 457. The van der Waals surface area contributed by atoms with Crippen LogP contribution < -0.4 is 0 Å². The van der Waals surface area contributed by atoms with Crippen molar-refractivity contribution in [1.82, 2.24) is 0 Å². The topological polar surface area (TPSA) is 0 Å². The first kappa shape index (κ1) is 15.9. The molecule has 0 aliphatic heterocycles. The molecule has 0 heterocycles. The van der Waals surface area contributed by atoms with E-state index in [0.29, 0.717) is 5.41 Å². The second-order valence-electron chi connectivity index (χ2n) is 3.00. The molecule has 52 valence electrons. The maximum Gasteiger partial charge on any atom is 0 e. The van der Waals surface area contributed by atoms with E-state index in [1.165, 1.54) is 0 Å². The fourth-order valence-corrected chi connectivity index (χ4v) is 0. The Hall–Kier alpha value is 0.688. The molecule has 0 radical (unpaired) electrons. The molecule has 0 nitrogen and oxygen atoms in total. The molecule has 0 spiro atoms. The molecule has 0 fully saturated rings. The Kier molecular flexibility index (Phi) is 15.3. The monoisotopic (exact) mass is 286 g/mol. The van der Waals surface area contributed by atoms with Crippen LogP contribution in [0.2, 0.25) is 0 Å². The van der Waals surface area contributed by atoms with Gasteiger partial charge in [0.25, 0.3) is 0 Å². The molecular weight excluding hydrogens is 268 g/mol. The van der Waals surface area contributed by atoms with Crippen LogP contribution in [-0.4, -0.2) is 0 Å². The van der Waals surface area contributed by atoms with Crippen LogP contribution in [0.5, 0.6) is 0 Å². The van der Waals surface area contributed by atoms with Gasteiger partial charge in [0.2, 0.25) is 0 Å². The normalized spacial score (nSPS) is 8.25. The Labute approximate surface area is 68.3 Å². The summed E-state index contributed by atoms with van der Waals surface area (Å²) in [5.74, 6) is 0. The van der Waals surface area contributed by atoms with Gasteiger partial charge in [0.1, 0.15) is 0 Å². The van der Waals surface area contributed by atoms with Crippen LogP contribution in [-0.2, 0) is 21.1 Å². The van der Waals surface area contributed by atoms with E-state index in [-0.39, 0.29) is 21.1 Å². The van der Waals surface area contributed by atoms with Crippen LogP contribution in [0, 0.1) is 5.41 Å². The first-order valence-electron chi connectivity index (χ1n) is 3.00. The second kappa shape index (κ2) is 7.69. The molecule has 0 atom stereocenters. The van der Waals surface area contributed by atoms with Crippen LogP contribution in [0.1, 0.15) is 41.5 Å². The van der Waals surface area contributed by atoms with Crippen molar-refractivity contribution in [2.45, 2.75) is 41.5 Å². The molecule has 1 heteroatoms. The molecule has 0 rings (SSSR count). The third-order valence-corrected chi connectivity index (χ3v) is 0. The zero-order valence-electron chi connectivity index (χ0n) is 6.91. The van der Waals surface area contributed by atoms with Crippen molar-refractivity contribution < 1.29 is 21.1 Å². The van der Waals surface area contributed by atoms with Crippen molar-refractivity contribution in [3.05, 3.63) is 0 Å². The molecular formula is C7H18W. The van der Waals surface area contributed by atoms with Crippen LogP contribution in [0.15, 0.2) is 0 Å². The van der Waals surface area contributed by atoms with Crippen molar-refractivity contribution >= 4 is 0 Å². The Morgan fingerprint density at radius 2 is 0.750 bits per heavy atom. The standard InChI is InChI=1S/C5H12.C2H6.W/c1-5(2,3)4;1-2;/h1-4H3;1-2H3;. The first-order valence-corrected chi connectivity index (χ1v) is 3.00. The molecule has 0 saturated heterocycles. The van der Waals surface area contributed by atoms with Gasteiger partial charge < -0.3 is 0 Å². The summed E-state index contributed by atoms with van der Waals surface area (Å²) in [5.41, 5.74) is 0.500. The molecule has 0 aliphatic carbocycles. The van der Waals surface area contributed by atoms with E-state index < -0.39 is 0 Å². The molecule has 0 aromatic heterocycles. The summed E-state index contributed by atoms with van der Waals surface area (Å²) in [7, 11) is 0. The average molecular weight is 286 g/mol. The third-order valence-electron chi connectivity index (χ3n) is 0. The fourth-order valence-electron chi connectivity index (χ4n) is 0. The Bertz CT molecular complexity index is 19.9. The molecule has 0 unspecified atom stereocenters. The summed E-state index contributed by atoms with van der Waals surface area (Å²) in [6.07, 6.45) is 0. The van der Waals surface area contributed by atoms with Crippen molar-refractivity contribution in [3.63, 3.8) is 0 Å². The van der Waals surface area contributed by atoms with Crippen molar-refractivity contribution in [1.29, 1.82) is 0 Å². The van der Waals surface area contributed by atoms with Crippen LogP contribution in [0.25, 0.3) is 0 Å². The van der Waals surface area contributed by atoms with Crippen molar-refractivity contribution in [2.24, 2.45) is 5.41 Å². The average Bonchev–Trinajstić information content (AvgIpc) is 1.36. The predicted octanol–water partition coefficient (Wildman–Crippen LogP) is 3.08. The number of hydrogen-bond donors (Lipinski definition) is 0. The molecule has 0 saturated carbocycles. The maximum atomic E-state index is 2.19. The number of hydrogen-bond acceptors (Lipinski definition) is 0. The number of rotatable bonds is 0. The molecule has 0 aromatic rings. The van der Waals surface area contributed by atoms with Gasteiger partial charge in [-0.3, -0.25) is 0 Å². The minimum Gasteiger partial charge on any atom is -0.0683 e. The predicted molar refractivity (Wildman–Crippen MR) is 36.5 cm³/mol. The molecule has 8 heavy (non-hydrogen) atoms. The smallest absolute Gasteiger partial charge is 0 e. The van der Waals surface area contributed by atoms with Crippen LogP contribution in [0.4, 0.5) is 0 Å². The zero-order valence-corrected chi connectivity index (χ0v) is 9.84. The van der Waals surface area contributed by atoms with E-state index in [0.717, 1.165) is 0 Å². The SMILES string of the molecule is CC.CC(C)(C)C.[W]. The van der Waals surface area contributed by atoms with E-state index >= 15 is 0 Å². The maximum absolute atomic E-state index is 2.19. The Morgan fingerprint density at radius 3 is 0.750 bits per heavy atom. The summed E-state index contributed by atoms with van der Waals surface area (Å²) < 4.78 is 0. The van der Waals surface area contributed by atoms with Gasteiger partial charge in [-0.05, 0) is 5.41 Å². The van der Waals surface area contributed by atoms with E-state index in [4.69, 9.17) is 0 Å². The zero-order chi connectivity index (χ0) is 6.50. The van der Waals surface area contributed by atoms with Gasteiger partial charge in [0.15, 0.2) is 0 Å². The summed E-state index contributed by atoms with van der Waals surface area (Å²) in [6, 6.07) is 0. The van der Waals surface area contributed by atoms with Crippen molar-refractivity contribution in [2.75, 3.05) is 0 Å². The van der Waals surface area contributed by atoms with E-state index in [9.17, 15) is 0 Å². The van der Waals surface area contributed by atoms with Gasteiger partial charge in [-0.1, -0.05) is 41.5 Å².